The van der Waals surface area contributed by atoms with Crippen molar-refractivity contribution >= 4 is 27.6 Å². The molecule has 9 heteroatoms. The van der Waals surface area contributed by atoms with E-state index in [0.29, 0.717) is 22.2 Å². The van der Waals surface area contributed by atoms with Crippen molar-refractivity contribution in [1.29, 1.82) is 0 Å². The molecule has 0 aliphatic carbocycles. The number of ether oxygens (including phenoxy) is 1. The number of nitrogens with two attached hydrogens (primary N) is 1. The Morgan fingerprint density at radius 3 is 2.92 bits per heavy atom. The van der Waals surface area contributed by atoms with Crippen LogP contribution >= 0.6 is 0 Å². The van der Waals surface area contributed by atoms with Crippen LogP contribution in [-0.4, -0.2) is 36.9 Å². The van der Waals surface area contributed by atoms with Gasteiger partial charge in [-0.15, -0.1) is 0 Å². The number of nitrogen functional groups attached to an aromatic ring is 1. The zero-order valence-electron chi connectivity index (χ0n) is 13.4. The number of H-pyrrole nitrogens is 1. The van der Waals surface area contributed by atoms with Crippen molar-refractivity contribution in [2.24, 2.45) is 0 Å². The molecule has 0 aliphatic rings. The van der Waals surface area contributed by atoms with Gasteiger partial charge >= 0.3 is 6.01 Å². The van der Waals surface area contributed by atoms with Crippen molar-refractivity contribution in [2.45, 2.75) is 6.92 Å². The number of fused-ring (bicyclic) bond motifs is 3. The van der Waals surface area contributed by atoms with E-state index in [0.717, 1.165) is 5.56 Å². The highest BCUT2D eigenvalue weighted by Crippen LogP contribution is 2.28. The monoisotopic (exact) mass is 338 g/mol. The van der Waals surface area contributed by atoms with E-state index in [1.807, 2.05) is 0 Å². The van der Waals surface area contributed by atoms with Crippen LogP contribution in [0.3, 0.4) is 0 Å². The zero-order valence-corrected chi connectivity index (χ0v) is 13.4. The number of hydrogen-bond acceptors (Lipinski definition) is 7. The Kier molecular flexibility index (Phi) is 3.11. The minimum atomic E-state index is -0.393. The summed E-state index contributed by atoms with van der Waals surface area (Å²) in [5, 5.41) is 15.0. The SMILES string of the molecule is COc1ncc(C)c(-n2nc3c(c2N)c(=O)[nH]c2cc(O)ccc23)n1. The van der Waals surface area contributed by atoms with Crippen molar-refractivity contribution in [3.63, 3.8) is 0 Å². The molecule has 0 unspecified atom stereocenters. The molecule has 0 saturated carbocycles. The molecule has 4 N–H and O–H groups in total. The molecule has 0 aliphatic heterocycles. The van der Waals surface area contributed by atoms with E-state index < -0.39 is 5.56 Å². The van der Waals surface area contributed by atoms with Gasteiger partial charge in [0.25, 0.3) is 5.56 Å². The Balaban J connectivity index is 2.11. The van der Waals surface area contributed by atoms with Crippen LogP contribution in [0.15, 0.2) is 29.2 Å². The van der Waals surface area contributed by atoms with Crippen molar-refractivity contribution in [3.8, 4) is 17.6 Å². The lowest BCUT2D eigenvalue weighted by Crippen LogP contribution is -2.10. The quantitative estimate of drug-likeness (QED) is 0.501. The van der Waals surface area contributed by atoms with Crippen LogP contribution in [-0.2, 0) is 0 Å². The third kappa shape index (κ3) is 2.17. The van der Waals surface area contributed by atoms with Crippen molar-refractivity contribution in [3.05, 3.63) is 40.3 Å². The molecule has 0 atom stereocenters. The lowest BCUT2D eigenvalue weighted by atomic mass is 10.1. The fraction of sp³-hybridized carbons (Fsp3) is 0.125. The van der Waals surface area contributed by atoms with Gasteiger partial charge in [-0.3, -0.25) is 4.79 Å². The second-order valence-electron chi connectivity index (χ2n) is 5.57. The highest BCUT2D eigenvalue weighted by molar-refractivity contribution is 6.07. The maximum absolute atomic E-state index is 12.4. The molecular formula is C16H14N6O3. The van der Waals surface area contributed by atoms with Crippen molar-refractivity contribution < 1.29 is 9.84 Å². The number of pyridine rings is 1. The molecule has 4 rings (SSSR count). The smallest absolute Gasteiger partial charge is 0.318 e. The first-order chi connectivity index (χ1) is 12.0. The van der Waals surface area contributed by atoms with E-state index in [1.165, 1.54) is 23.9 Å². The van der Waals surface area contributed by atoms with Gasteiger partial charge in [0.05, 0.1) is 12.6 Å². The van der Waals surface area contributed by atoms with Crippen LogP contribution in [0.25, 0.3) is 27.6 Å². The molecule has 3 heterocycles. The molecular weight excluding hydrogens is 324 g/mol. The average molecular weight is 338 g/mol. The first-order valence-corrected chi connectivity index (χ1v) is 7.41. The number of aryl methyl sites for hydroxylation is 1. The summed E-state index contributed by atoms with van der Waals surface area (Å²) >= 11 is 0. The first-order valence-electron chi connectivity index (χ1n) is 7.41. The van der Waals surface area contributed by atoms with Crippen LogP contribution < -0.4 is 16.0 Å². The summed E-state index contributed by atoms with van der Waals surface area (Å²) in [6.45, 7) is 1.81. The maximum atomic E-state index is 12.4. The number of methoxy groups -OCH3 is 1. The van der Waals surface area contributed by atoms with E-state index in [9.17, 15) is 9.90 Å². The number of nitrogens with zero attached hydrogens (tertiary/aromatic N) is 4. The molecule has 0 amide bonds. The fourth-order valence-electron chi connectivity index (χ4n) is 2.76. The minimum absolute atomic E-state index is 0.0475. The Morgan fingerprint density at radius 2 is 2.16 bits per heavy atom. The zero-order chi connectivity index (χ0) is 17.7. The molecule has 4 aromatic rings. The summed E-state index contributed by atoms with van der Waals surface area (Å²) in [6.07, 6.45) is 1.59. The number of hydrogen-bond donors (Lipinski definition) is 3. The number of anilines is 1. The van der Waals surface area contributed by atoms with Crippen LogP contribution in [0, 0.1) is 6.92 Å². The molecule has 1 aromatic carbocycles. The average Bonchev–Trinajstić information content (AvgIpc) is 2.93. The van der Waals surface area contributed by atoms with Gasteiger partial charge < -0.3 is 20.6 Å². The summed E-state index contributed by atoms with van der Waals surface area (Å²) in [5.41, 5.74) is 7.41. The molecule has 0 radical (unpaired) electrons. The molecule has 0 fully saturated rings. The second-order valence-corrected chi connectivity index (χ2v) is 5.57. The minimum Gasteiger partial charge on any atom is -0.508 e. The Hall–Kier alpha value is -3.62. The number of phenols is 1. The molecule has 0 saturated heterocycles. The van der Waals surface area contributed by atoms with Crippen LogP contribution in [0.5, 0.6) is 11.8 Å². The van der Waals surface area contributed by atoms with Gasteiger partial charge in [-0.25, -0.2) is 4.98 Å². The lowest BCUT2D eigenvalue weighted by molar-refractivity contribution is 0.378. The molecule has 3 aromatic heterocycles. The fourth-order valence-corrected chi connectivity index (χ4v) is 2.76. The van der Waals surface area contributed by atoms with Crippen molar-refractivity contribution in [2.75, 3.05) is 12.8 Å². The Morgan fingerprint density at radius 1 is 1.36 bits per heavy atom. The van der Waals surface area contributed by atoms with Crippen molar-refractivity contribution in [1.82, 2.24) is 24.7 Å². The van der Waals surface area contributed by atoms with E-state index in [2.05, 4.69) is 20.1 Å². The summed E-state index contributed by atoms with van der Waals surface area (Å²) in [6, 6.07) is 4.83. The summed E-state index contributed by atoms with van der Waals surface area (Å²) < 4.78 is 6.45. The molecule has 126 valence electrons. The van der Waals surface area contributed by atoms with E-state index in [1.54, 1.807) is 19.2 Å². The third-order valence-electron chi connectivity index (χ3n) is 3.96. The van der Waals surface area contributed by atoms with Crippen LogP contribution in [0.2, 0.25) is 0 Å². The van der Waals surface area contributed by atoms with Gasteiger partial charge in [0.1, 0.15) is 22.5 Å². The summed E-state index contributed by atoms with van der Waals surface area (Å²) in [4.78, 5) is 23.5. The van der Waals surface area contributed by atoms with Gasteiger partial charge in [0, 0.05) is 23.2 Å². The van der Waals surface area contributed by atoms with Crippen LogP contribution in [0.1, 0.15) is 5.56 Å². The normalized spacial score (nSPS) is 11.3. The topological polar surface area (TPSA) is 132 Å². The number of nitrogens with one attached hydrogen (secondary N) is 1. The van der Waals surface area contributed by atoms with Gasteiger partial charge in [-0.1, -0.05) is 0 Å². The number of aromatic amines is 1. The van der Waals surface area contributed by atoms with Gasteiger partial charge in [0.2, 0.25) is 0 Å². The summed E-state index contributed by atoms with van der Waals surface area (Å²) in [7, 11) is 1.46. The van der Waals surface area contributed by atoms with E-state index in [4.69, 9.17) is 10.5 Å². The van der Waals surface area contributed by atoms with E-state index >= 15 is 0 Å². The van der Waals surface area contributed by atoms with Gasteiger partial charge in [0.15, 0.2) is 5.82 Å². The predicted molar refractivity (Wildman–Crippen MR) is 92.2 cm³/mol. The van der Waals surface area contributed by atoms with E-state index in [-0.39, 0.29) is 23.0 Å². The van der Waals surface area contributed by atoms with Gasteiger partial charge in [-0.2, -0.15) is 14.8 Å². The Bertz CT molecular complexity index is 1190. The molecule has 0 spiro atoms. The second kappa shape index (κ2) is 5.20. The number of aromatic nitrogens is 5. The van der Waals surface area contributed by atoms with Gasteiger partial charge in [-0.05, 0) is 19.1 Å². The molecule has 9 nitrogen and oxygen atoms in total. The molecule has 25 heavy (non-hydrogen) atoms. The highest BCUT2D eigenvalue weighted by Gasteiger charge is 2.19. The Labute approximate surface area is 140 Å². The number of aromatic hydroxyl groups is 1. The highest BCUT2D eigenvalue weighted by atomic mass is 16.5. The largest absolute Gasteiger partial charge is 0.508 e. The first kappa shape index (κ1) is 14.9. The number of phenolic OH excluding ortho intramolecular Hbond substituents is 1. The lowest BCUT2D eigenvalue weighted by Gasteiger charge is -2.07. The predicted octanol–water partition coefficient (Wildman–Crippen LogP) is 1.26. The number of benzene rings is 1. The third-order valence-corrected chi connectivity index (χ3v) is 3.96. The standard InChI is InChI=1S/C16H14N6O3/c1-7-6-18-16(25-2)20-14(7)22-13(17)11-12(21-22)9-4-3-8(23)5-10(9)19-15(11)24/h3-6,23H,17H2,1-2H3,(H,19,24). The summed E-state index contributed by atoms with van der Waals surface area (Å²) in [5.74, 6) is 0.633. The maximum Gasteiger partial charge on any atom is 0.318 e. The molecule has 0 bridgehead atoms. The van der Waals surface area contributed by atoms with Crippen LogP contribution in [0.4, 0.5) is 5.82 Å². The number of rotatable bonds is 2.